The topological polar surface area (TPSA) is 76.3 Å². The molecule has 2 heterocycles. The molecule has 5 atom stereocenters. The van der Waals surface area contributed by atoms with E-state index in [0.717, 1.165) is 58.2 Å². The SMILES string of the molecule is NC(=O)[C@H]1CC1C1CC([C@H]2c3ncc(Br)cc3CCc3cc(Cl)cc(Br)c32)CCN1C=O. The second-order valence-electron chi connectivity index (χ2n) is 9.24. The van der Waals surface area contributed by atoms with E-state index in [1.165, 1.54) is 16.7 Å². The Hall–Kier alpha value is -1.44. The Morgan fingerprint density at radius 3 is 2.69 bits per heavy atom. The van der Waals surface area contributed by atoms with Gasteiger partial charge in [0.15, 0.2) is 0 Å². The number of primary amides is 1. The molecule has 5 rings (SSSR count). The monoisotopic (exact) mass is 579 g/mol. The van der Waals surface area contributed by atoms with Gasteiger partial charge in [-0.05, 0) is 94.8 Å². The smallest absolute Gasteiger partial charge is 0.220 e. The molecule has 168 valence electrons. The zero-order chi connectivity index (χ0) is 22.6. The first-order chi connectivity index (χ1) is 15.4. The molecule has 2 fully saturated rings. The highest BCUT2D eigenvalue weighted by Crippen LogP contribution is 2.51. The quantitative estimate of drug-likeness (QED) is 0.525. The minimum Gasteiger partial charge on any atom is -0.369 e. The highest BCUT2D eigenvalue weighted by Gasteiger charge is 2.51. The molecule has 3 aliphatic rings. The Kier molecular flexibility index (Phi) is 6.10. The third kappa shape index (κ3) is 4.01. The number of nitrogens with zero attached hydrogens (tertiary/aromatic N) is 2. The molecule has 2 aromatic rings. The van der Waals surface area contributed by atoms with E-state index in [9.17, 15) is 9.59 Å². The van der Waals surface area contributed by atoms with Crippen LogP contribution in [0, 0.1) is 17.8 Å². The minimum absolute atomic E-state index is 0.0421. The molecule has 0 spiro atoms. The summed E-state index contributed by atoms with van der Waals surface area (Å²) in [5.41, 5.74) is 10.4. The normalized spacial score (nSPS) is 29.0. The summed E-state index contributed by atoms with van der Waals surface area (Å²) in [7, 11) is 0. The van der Waals surface area contributed by atoms with Gasteiger partial charge in [-0.2, -0.15) is 0 Å². The lowest BCUT2D eigenvalue weighted by Crippen LogP contribution is -2.45. The summed E-state index contributed by atoms with van der Waals surface area (Å²) in [5.74, 6) is 0.194. The number of rotatable bonds is 4. The van der Waals surface area contributed by atoms with E-state index in [1.807, 2.05) is 17.2 Å². The lowest BCUT2D eigenvalue weighted by molar-refractivity contribution is -0.124. The maximum atomic E-state index is 11.8. The second-order valence-corrected chi connectivity index (χ2v) is 11.4. The van der Waals surface area contributed by atoms with Gasteiger partial charge in [-0.15, -0.1) is 0 Å². The van der Waals surface area contributed by atoms with Crippen LogP contribution in [-0.4, -0.2) is 34.8 Å². The zero-order valence-corrected chi connectivity index (χ0v) is 21.4. The largest absolute Gasteiger partial charge is 0.369 e. The van der Waals surface area contributed by atoms with Crippen molar-refractivity contribution < 1.29 is 9.59 Å². The van der Waals surface area contributed by atoms with Gasteiger partial charge in [-0.3, -0.25) is 14.6 Å². The minimum atomic E-state index is -0.253. The Bertz CT molecular complexity index is 1100. The van der Waals surface area contributed by atoms with Crippen molar-refractivity contribution in [2.75, 3.05) is 6.54 Å². The number of hydrogen-bond acceptors (Lipinski definition) is 3. The van der Waals surface area contributed by atoms with Crippen LogP contribution in [0.2, 0.25) is 5.02 Å². The number of fused-ring (bicyclic) bond motifs is 2. The standard InChI is InChI=1S/C24H24Br2ClN3O2/c25-15-5-14-2-1-12-6-16(27)8-19(26)21(12)22(23(14)29-10-15)13-3-4-30(11-31)20(7-13)17-9-18(17)24(28)32/h5-6,8,10-11,13,17-18,20,22H,1-4,7,9H2,(H2,28,32)/t13?,17?,18-,20?,22+/m0/s1. The first-order valence-corrected chi connectivity index (χ1v) is 13.0. The van der Waals surface area contributed by atoms with Crippen molar-refractivity contribution in [2.24, 2.45) is 23.5 Å². The third-order valence-corrected chi connectivity index (χ3v) is 8.76. The molecule has 2 aliphatic carbocycles. The Balaban J connectivity index is 1.57. The lowest BCUT2D eigenvalue weighted by Gasteiger charge is -2.41. The molecule has 2 amide bonds. The lowest BCUT2D eigenvalue weighted by atomic mass is 9.74. The van der Waals surface area contributed by atoms with Crippen molar-refractivity contribution in [3.05, 3.63) is 60.7 Å². The average Bonchev–Trinajstić information content (AvgIpc) is 3.57. The number of pyridine rings is 1. The van der Waals surface area contributed by atoms with Crippen LogP contribution in [0.4, 0.5) is 0 Å². The van der Waals surface area contributed by atoms with Crippen LogP contribution in [0.1, 0.15) is 47.6 Å². The fourth-order valence-corrected chi connectivity index (χ4v) is 7.40. The van der Waals surface area contributed by atoms with E-state index in [0.29, 0.717) is 12.5 Å². The first kappa shape index (κ1) is 22.4. The molecule has 1 aromatic carbocycles. The number of carbonyl (C=O) groups is 2. The summed E-state index contributed by atoms with van der Waals surface area (Å²) >= 11 is 13.8. The van der Waals surface area contributed by atoms with Crippen molar-refractivity contribution in [3.63, 3.8) is 0 Å². The number of likely N-dealkylation sites (tertiary alicyclic amines) is 1. The molecular formula is C24H24Br2ClN3O2. The van der Waals surface area contributed by atoms with Crippen molar-refractivity contribution in [3.8, 4) is 0 Å². The summed E-state index contributed by atoms with van der Waals surface area (Å²) < 4.78 is 1.99. The highest BCUT2D eigenvalue weighted by atomic mass is 79.9. The van der Waals surface area contributed by atoms with E-state index in [2.05, 4.69) is 44.0 Å². The average molecular weight is 582 g/mol. The van der Waals surface area contributed by atoms with E-state index in [-0.39, 0.29) is 29.7 Å². The maximum absolute atomic E-state index is 11.8. The molecule has 1 aromatic heterocycles. The van der Waals surface area contributed by atoms with Gasteiger partial charge in [0, 0.05) is 44.6 Å². The molecular weight excluding hydrogens is 558 g/mol. The van der Waals surface area contributed by atoms with Gasteiger partial charge in [0.1, 0.15) is 0 Å². The molecule has 0 radical (unpaired) electrons. The highest BCUT2D eigenvalue weighted by molar-refractivity contribution is 9.10. The van der Waals surface area contributed by atoms with Crippen LogP contribution in [0.5, 0.6) is 0 Å². The predicted octanol–water partition coefficient (Wildman–Crippen LogP) is 4.85. The van der Waals surface area contributed by atoms with E-state index >= 15 is 0 Å². The number of nitrogens with two attached hydrogens (primary N) is 1. The number of halogens is 3. The van der Waals surface area contributed by atoms with Gasteiger partial charge in [0.05, 0.1) is 5.69 Å². The van der Waals surface area contributed by atoms with Crippen LogP contribution in [0.25, 0.3) is 0 Å². The molecule has 1 saturated heterocycles. The Morgan fingerprint density at radius 2 is 1.97 bits per heavy atom. The van der Waals surface area contributed by atoms with Crippen LogP contribution >= 0.6 is 43.5 Å². The number of carbonyl (C=O) groups excluding carboxylic acids is 2. The van der Waals surface area contributed by atoms with Crippen molar-refractivity contribution in [2.45, 2.75) is 44.1 Å². The molecule has 2 N–H and O–H groups in total. The van der Waals surface area contributed by atoms with Gasteiger partial charge in [-0.1, -0.05) is 27.5 Å². The van der Waals surface area contributed by atoms with Gasteiger partial charge in [0.25, 0.3) is 0 Å². The zero-order valence-electron chi connectivity index (χ0n) is 17.4. The molecule has 3 unspecified atom stereocenters. The number of hydrogen-bond donors (Lipinski definition) is 1. The van der Waals surface area contributed by atoms with Crippen LogP contribution in [0.15, 0.2) is 33.3 Å². The summed E-state index contributed by atoms with van der Waals surface area (Å²) in [6.07, 6.45) is 7.13. The van der Waals surface area contributed by atoms with E-state index in [1.54, 1.807) is 0 Å². The van der Waals surface area contributed by atoms with Crippen LogP contribution in [0.3, 0.4) is 0 Å². The maximum Gasteiger partial charge on any atom is 0.220 e. The molecule has 1 saturated carbocycles. The van der Waals surface area contributed by atoms with Crippen molar-refractivity contribution >= 4 is 55.8 Å². The molecule has 1 aliphatic heterocycles. The number of aryl methyl sites for hydroxylation is 2. The van der Waals surface area contributed by atoms with Crippen molar-refractivity contribution in [1.82, 2.24) is 9.88 Å². The summed E-state index contributed by atoms with van der Waals surface area (Å²) in [6.45, 7) is 0.684. The fraction of sp³-hybridized carbons (Fsp3) is 0.458. The van der Waals surface area contributed by atoms with Gasteiger partial charge in [0.2, 0.25) is 12.3 Å². The van der Waals surface area contributed by atoms with Gasteiger partial charge in [-0.25, -0.2) is 0 Å². The Labute approximate surface area is 209 Å². The third-order valence-electron chi connectivity index (χ3n) is 7.45. The second kappa shape index (κ2) is 8.73. The summed E-state index contributed by atoms with van der Waals surface area (Å²) in [6, 6.07) is 6.27. The molecule has 5 nitrogen and oxygen atoms in total. The van der Waals surface area contributed by atoms with E-state index < -0.39 is 0 Å². The number of benzene rings is 1. The Morgan fingerprint density at radius 1 is 1.19 bits per heavy atom. The number of amides is 2. The predicted molar refractivity (Wildman–Crippen MR) is 130 cm³/mol. The number of aromatic nitrogens is 1. The van der Waals surface area contributed by atoms with Gasteiger partial charge < -0.3 is 10.6 Å². The molecule has 8 heteroatoms. The van der Waals surface area contributed by atoms with E-state index in [4.69, 9.17) is 22.3 Å². The summed E-state index contributed by atoms with van der Waals surface area (Å²) in [4.78, 5) is 30.4. The first-order valence-electron chi connectivity index (χ1n) is 11.0. The van der Waals surface area contributed by atoms with Crippen LogP contribution < -0.4 is 5.73 Å². The number of piperidine rings is 1. The fourth-order valence-electron chi connectivity index (χ4n) is 5.90. The molecule has 0 bridgehead atoms. The van der Waals surface area contributed by atoms with Crippen molar-refractivity contribution in [1.29, 1.82) is 0 Å². The summed E-state index contributed by atoms with van der Waals surface area (Å²) in [5, 5.41) is 0.727. The van der Waals surface area contributed by atoms with Gasteiger partial charge >= 0.3 is 0 Å². The van der Waals surface area contributed by atoms with Crippen LogP contribution in [-0.2, 0) is 22.4 Å². The molecule has 32 heavy (non-hydrogen) atoms.